The highest BCUT2D eigenvalue weighted by molar-refractivity contribution is 9.10. The molecule has 0 aromatic heterocycles. The van der Waals surface area contributed by atoms with Crippen LogP contribution in [0.25, 0.3) is 0 Å². The first-order valence-corrected chi connectivity index (χ1v) is 9.75. The fourth-order valence-electron chi connectivity index (χ4n) is 3.78. The highest BCUT2D eigenvalue weighted by atomic mass is 79.9. The predicted molar refractivity (Wildman–Crippen MR) is 108 cm³/mol. The molecule has 0 amide bonds. The molecule has 2 aliphatic heterocycles. The Morgan fingerprint density at radius 3 is 2.64 bits per heavy atom. The Hall–Kier alpha value is -2.86. The molecule has 0 saturated heterocycles. The van der Waals surface area contributed by atoms with Gasteiger partial charge in [0.25, 0.3) is 0 Å². The van der Waals surface area contributed by atoms with Crippen molar-refractivity contribution in [2.45, 2.75) is 18.7 Å². The third-order valence-electron chi connectivity index (χ3n) is 5.13. The van der Waals surface area contributed by atoms with Gasteiger partial charge in [-0.2, -0.15) is 5.10 Å². The summed E-state index contributed by atoms with van der Waals surface area (Å²) >= 11 is 3.47. The van der Waals surface area contributed by atoms with E-state index in [-0.39, 0.29) is 17.6 Å². The van der Waals surface area contributed by atoms with E-state index in [0.717, 1.165) is 27.1 Å². The molecule has 6 heteroatoms. The summed E-state index contributed by atoms with van der Waals surface area (Å²) in [6, 6.07) is 19.5. The van der Waals surface area contributed by atoms with Crippen LogP contribution in [0.1, 0.15) is 35.4 Å². The Kier molecular flexibility index (Phi) is 4.09. The molecule has 3 aromatic carbocycles. The summed E-state index contributed by atoms with van der Waals surface area (Å²) in [5, 5.41) is 17.2. The van der Waals surface area contributed by atoms with Gasteiger partial charge in [0, 0.05) is 16.5 Å². The van der Waals surface area contributed by atoms with Crippen LogP contribution in [-0.2, 0) is 0 Å². The number of hydrogen-bond acceptors (Lipinski definition) is 4. The van der Waals surface area contributed by atoms with E-state index in [9.17, 15) is 9.50 Å². The molecule has 0 unspecified atom stereocenters. The summed E-state index contributed by atoms with van der Waals surface area (Å²) in [6.07, 6.45) is 0.118. The van der Waals surface area contributed by atoms with Crippen molar-refractivity contribution in [1.29, 1.82) is 0 Å². The Morgan fingerprint density at radius 1 is 1.04 bits per heavy atom. The van der Waals surface area contributed by atoms with Gasteiger partial charge in [-0.1, -0.05) is 46.3 Å². The number of phenols is 1. The lowest BCUT2D eigenvalue weighted by Crippen LogP contribution is -2.33. The van der Waals surface area contributed by atoms with Crippen LogP contribution in [0.2, 0.25) is 0 Å². The third kappa shape index (κ3) is 2.85. The van der Waals surface area contributed by atoms with Gasteiger partial charge in [0.15, 0.2) is 0 Å². The van der Waals surface area contributed by atoms with E-state index in [1.807, 2.05) is 35.3 Å². The molecule has 1 N–H and O–H groups in total. The van der Waals surface area contributed by atoms with Gasteiger partial charge < -0.3 is 9.84 Å². The van der Waals surface area contributed by atoms with Gasteiger partial charge >= 0.3 is 0 Å². The molecule has 4 nitrogen and oxygen atoms in total. The molecule has 140 valence electrons. The lowest BCUT2D eigenvalue weighted by molar-refractivity contribution is -0.0203. The largest absolute Gasteiger partial charge is 0.507 e. The van der Waals surface area contributed by atoms with Crippen LogP contribution in [-0.4, -0.2) is 15.8 Å². The maximum absolute atomic E-state index is 13.3. The van der Waals surface area contributed by atoms with Crippen LogP contribution < -0.4 is 4.74 Å². The highest BCUT2D eigenvalue weighted by Crippen LogP contribution is 2.48. The van der Waals surface area contributed by atoms with Crippen LogP contribution in [0.5, 0.6) is 11.5 Å². The molecule has 2 atom stereocenters. The summed E-state index contributed by atoms with van der Waals surface area (Å²) in [5.41, 5.74) is 3.43. The Labute approximate surface area is 170 Å². The average molecular weight is 439 g/mol. The van der Waals surface area contributed by atoms with Gasteiger partial charge in [-0.15, -0.1) is 0 Å². The summed E-state index contributed by atoms with van der Waals surface area (Å²) in [7, 11) is 0. The Balaban J connectivity index is 1.62. The summed E-state index contributed by atoms with van der Waals surface area (Å²) < 4.78 is 20.4. The van der Waals surface area contributed by atoms with Crippen molar-refractivity contribution in [1.82, 2.24) is 5.01 Å². The topological polar surface area (TPSA) is 45.1 Å². The minimum Gasteiger partial charge on any atom is -0.507 e. The van der Waals surface area contributed by atoms with E-state index in [1.165, 1.54) is 12.1 Å². The van der Waals surface area contributed by atoms with Crippen molar-refractivity contribution in [2.24, 2.45) is 5.10 Å². The zero-order chi connectivity index (χ0) is 19.3. The normalized spacial score (nSPS) is 20.2. The van der Waals surface area contributed by atoms with Crippen LogP contribution in [0.4, 0.5) is 4.39 Å². The molecule has 2 aliphatic rings. The standard InChI is InChI=1S/C22H16BrFN2O2/c23-14-7-10-20(27)17(11-14)22-26-19(16-3-1-2-4-21(16)28-22)12-18(25-26)13-5-8-15(24)9-6-13/h1-11,19,22,27H,12H2/t19-,22-/m1/s1. The van der Waals surface area contributed by atoms with Crippen molar-refractivity contribution in [2.75, 3.05) is 0 Å². The maximum Gasteiger partial charge on any atom is 0.217 e. The first-order valence-electron chi connectivity index (χ1n) is 8.96. The quantitative estimate of drug-likeness (QED) is 0.571. The molecular formula is C22H16BrFN2O2. The monoisotopic (exact) mass is 438 g/mol. The SMILES string of the molecule is Oc1ccc(Br)cc1[C@H]1Oc2ccccc2[C@H]2CC(c3ccc(F)cc3)=NN21. The van der Waals surface area contributed by atoms with Gasteiger partial charge in [0.2, 0.25) is 6.23 Å². The van der Waals surface area contributed by atoms with Gasteiger partial charge in [-0.25, -0.2) is 9.40 Å². The van der Waals surface area contributed by atoms with Gasteiger partial charge in [-0.3, -0.25) is 0 Å². The Morgan fingerprint density at radius 2 is 1.82 bits per heavy atom. The number of halogens is 2. The number of para-hydroxylation sites is 1. The molecule has 0 spiro atoms. The third-order valence-corrected chi connectivity index (χ3v) is 5.63. The van der Waals surface area contributed by atoms with E-state index in [2.05, 4.69) is 15.9 Å². The number of hydrazone groups is 1. The van der Waals surface area contributed by atoms with Crippen LogP contribution in [0.15, 0.2) is 76.3 Å². The van der Waals surface area contributed by atoms with Gasteiger partial charge in [0.05, 0.1) is 17.3 Å². The minimum atomic E-state index is -0.560. The fraction of sp³-hybridized carbons (Fsp3) is 0.136. The van der Waals surface area contributed by atoms with E-state index in [1.54, 1.807) is 24.3 Å². The van der Waals surface area contributed by atoms with Gasteiger partial charge in [-0.05, 0) is 42.0 Å². The number of rotatable bonds is 2. The summed E-state index contributed by atoms with van der Waals surface area (Å²) in [5.74, 6) is 0.658. The van der Waals surface area contributed by atoms with Crippen molar-refractivity contribution in [3.63, 3.8) is 0 Å². The first kappa shape index (κ1) is 17.3. The second kappa shape index (κ2) is 6.63. The second-order valence-corrected chi connectivity index (χ2v) is 7.78. The first-order chi connectivity index (χ1) is 13.6. The number of phenolic OH excluding ortho intramolecular Hbond substituents is 1. The molecular weight excluding hydrogens is 423 g/mol. The van der Waals surface area contributed by atoms with Crippen LogP contribution in [0, 0.1) is 5.82 Å². The summed E-state index contributed by atoms with van der Waals surface area (Å²) in [4.78, 5) is 0. The van der Waals surface area contributed by atoms with Crippen LogP contribution in [0.3, 0.4) is 0 Å². The van der Waals surface area contributed by atoms with Crippen molar-refractivity contribution >= 4 is 21.6 Å². The molecule has 2 heterocycles. The molecule has 0 bridgehead atoms. The highest BCUT2D eigenvalue weighted by Gasteiger charge is 2.41. The Bertz CT molecular complexity index is 1080. The molecule has 0 fully saturated rings. The number of fused-ring (bicyclic) bond motifs is 3. The average Bonchev–Trinajstić information content (AvgIpc) is 3.15. The molecule has 28 heavy (non-hydrogen) atoms. The van der Waals surface area contributed by atoms with E-state index in [4.69, 9.17) is 9.84 Å². The fourth-order valence-corrected chi connectivity index (χ4v) is 4.16. The lowest BCUT2D eigenvalue weighted by Gasteiger charge is -2.38. The van der Waals surface area contributed by atoms with E-state index < -0.39 is 6.23 Å². The predicted octanol–water partition coefficient (Wildman–Crippen LogP) is 5.54. The maximum atomic E-state index is 13.3. The molecule has 3 aromatic rings. The number of aromatic hydroxyl groups is 1. The number of ether oxygens (including phenoxy) is 1. The molecule has 0 aliphatic carbocycles. The smallest absolute Gasteiger partial charge is 0.217 e. The van der Waals surface area contributed by atoms with Crippen molar-refractivity contribution in [3.05, 3.63) is 93.7 Å². The van der Waals surface area contributed by atoms with Crippen molar-refractivity contribution in [3.8, 4) is 11.5 Å². The number of hydrogen-bond donors (Lipinski definition) is 1. The van der Waals surface area contributed by atoms with E-state index in [0.29, 0.717) is 12.0 Å². The molecule has 0 radical (unpaired) electrons. The zero-order valence-electron chi connectivity index (χ0n) is 14.7. The number of nitrogens with zero attached hydrogens (tertiary/aromatic N) is 2. The summed E-state index contributed by atoms with van der Waals surface area (Å²) in [6.45, 7) is 0. The number of benzene rings is 3. The second-order valence-electron chi connectivity index (χ2n) is 6.86. The molecule has 0 saturated carbocycles. The lowest BCUT2D eigenvalue weighted by atomic mass is 9.96. The van der Waals surface area contributed by atoms with Gasteiger partial charge in [0.1, 0.15) is 17.3 Å². The van der Waals surface area contributed by atoms with E-state index >= 15 is 0 Å². The minimum absolute atomic E-state index is 0.0200. The molecule has 5 rings (SSSR count). The zero-order valence-corrected chi connectivity index (χ0v) is 16.3. The van der Waals surface area contributed by atoms with Crippen molar-refractivity contribution < 1.29 is 14.2 Å². The van der Waals surface area contributed by atoms with Crippen LogP contribution >= 0.6 is 15.9 Å².